The van der Waals surface area contributed by atoms with Crippen LogP contribution in [0, 0.1) is 0 Å². The molecule has 3 rings (SSSR count). The molecular formula is C14H22N6O2S. The minimum Gasteiger partial charge on any atom is -0.384 e. The number of anilines is 2. The van der Waals surface area contributed by atoms with Crippen molar-refractivity contribution in [1.82, 2.24) is 19.5 Å². The van der Waals surface area contributed by atoms with Crippen LogP contribution in [0.3, 0.4) is 0 Å². The third kappa shape index (κ3) is 3.78. The molecule has 3 heterocycles. The molecule has 0 atom stereocenters. The first kappa shape index (κ1) is 16.1. The average molecular weight is 338 g/mol. The topological polar surface area (TPSA) is 80.4 Å². The van der Waals surface area contributed by atoms with Gasteiger partial charge in [-0.3, -0.25) is 0 Å². The minimum atomic E-state index is 0.327. The molecule has 2 aromatic heterocycles. The molecule has 1 aliphatic heterocycles. The van der Waals surface area contributed by atoms with E-state index in [1.165, 1.54) is 11.5 Å². The Morgan fingerprint density at radius 1 is 1.30 bits per heavy atom. The SMILES string of the molecule is COCCc1nsc(N2CCC(c3nc(N(C)C)no3)CC2)n1. The predicted molar refractivity (Wildman–Crippen MR) is 88.3 cm³/mol. The Labute approximate surface area is 139 Å². The molecule has 0 aromatic carbocycles. The predicted octanol–water partition coefficient (Wildman–Crippen LogP) is 1.56. The van der Waals surface area contributed by atoms with Gasteiger partial charge in [-0.05, 0) is 18.0 Å². The van der Waals surface area contributed by atoms with E-state index in [9.17, 15) is 0 Å². The molecule has 1 fully saturated rings. The van der Waals surface area contributed by atoms with Crippen LogP contribution in [0.2, 0.25) is 0 Å². The van der Waals surface area contributed by atoms with Gasteiger partial charge in [0, 0.05) is 58.2 Å². The number of methoxy groups -OCH3 is 1. The molecule has 0 amide bonds. The van der Waals surface area contributed by atoms with Crippen LogP contribution in [0.15, 0.2) is 4.52 Å². The summed E-state index contributed by atoms with van der Waals surface area (Å²) in [6.45, 7) is 2.52. The van der Waals surface area contributed by atoms with Gasteiger partial charge >= 0.3 is 0 Å². The first-order valence-electron chi connectivity index (χ1n) is 7.74. The van der Waals surface area contributed by atoms with Crippen molar-refractivity contribution in [2.24, 2.45) is 0 Å². The quantitative estimate of drug-likeness (QED) is 0.785. The van der Waals surface area contributed by atoms with E-state index in [1.807, 2.05) is 19.0 Å². The smallest absolute Gasteiger partial charge is 0.265 e. The lowest BCUT2D eigenvalue weighted by Gasteiger charge is -2.29. The van der Waals surface area contributed by atoms with Crippen LogP contribution >= 0.6 is 11.5 Å². The van der Waals surface area contributed by atoms with Crippen molar-refractivity contribution in [2.45, 2.75) is 25.2 Å². The summed E-state index contributed by atoms with van der Waals surface area (Å²) in [7, 11) is 5.51. The summed E-state index contributed by atoms with van der Waals surface area (Å²) in [5.41, 5.74) is 0. The van der Waals surface area contributed by atoms with E-state index >= 15 is 0 Å². The molecule has 0 radical (unpaired) electrons. The molecule has 8 nitrogen and oxygen atoms in total. The van der Waals surface area contributed by atoms with Crippen molar-refractivity contribution in [3.8, 4) is 0 Å². The second-order valence-corrected chi connectivity index (χ2v) is 6.55. The van der Waals surface area contributed by atoms with Crippen LogP contribution in [0.4, 0.5) is 11.1 Å². The molecule has 0 spiro atoms. The molecule has 1 saturated heterocycles. The highest BCUT2D eigenvalue weighted by atomic mass is 32.1. The standard InChI is InChI=1S/C14H22N6O2S/c1-19(2)13-16-12(22-17-13)10-4-7-20(8-5-10)14-15-11(18-23-14)6-9-21-3/h10H,4-9H2,1-3H3. The van der Waals surface area contributed by atoms with Gasteiger partial charge in [-0.1, -0.05) is 0 Å². The summed E-state index contributed by atoms with van der Waals surface area (Å²) < 4.78 is 14.9. The highest BCUT2D eigenvalue weighted by Crippen LogP contribution is 2.30. The normalized spacial score (nSPS) is 16.0. The maximum absolute atomic E-state index is 5.39. The maximum atomic E-state index is 5.39. The Morgan fingerprint density at radius 2 is 2.09 bits per heavy atom. The largest absolute Gasteiger partial charge is 0.384 e. The zero-order valence-electron chi connectivity index (χ0n) is 13.7. The highest BCUT2D eigenvalue weighted by Gasteiger charge is 2.27. The Morgan fingerprint density at radius 3 is 2.74 bits per heavy atom. The molecule has 0 unspecified atom stereocenters. The van der Waals surface area contributed by atoms with Gasteiger partial charge in [0.05, 0.1) is 6.61 Å². The van der Waals surface area contributed by atoms with Gasteiger partial charge in [0.15, 0.2) is 0 Å². The second kappa shape index (κ2) is 7.22. The fraction of sp³-hybridized carbons (Fsp3) is 0.714. The third-order valence-electron chi connectivity index (χ3n) is 3.93. The number of ether oxygens (including phenoxy) is 1. The highest BCUT2D eigenvalue weighted by molar-refractivity contribution is 7.09. The van der Waals surface area contributed by atoms with Crippen LogP contribution in [-0.2, 0) is 11.2 Å². The molecule has 0 saturated carbocycles. The Bertz CT molecular complexity index is 620. The first-order chi connectivity index (χ1) is 11.2. The van der Waals surface area contributed by atoms with E-state index in [4.69, 9.17) is 9.26 Å². The van der Waals surface area contributed by atoms with Crippen molar-refractivity contribution >= 4 is 22.6 Å². The van der Waals surface area contributed by atoms with Gasteiger partial charge < -0.3 is 19.1 Å². The number of hydrogen-bond donors (Lipinski definition) is 0. The van der Waals surface area contributed by atoms with E-state index in [2.05, 4.69) is 24.4 Å². The third-order valence-corrected chi connectivity index (χ3v) is 4.75. The summed E-state index contributed by atoms with van der Waals surface area (Å²) in [4.78, 5) is 13.2. The molecule has 0 N–H and O–H groups in total. The lowest BCUT2D eigenvalue weighted by Crippen LogP contribution is -2.32. The summed E-state index contributed by atoms with van der Waals surface area (Å²) in [5, 5.41) is 4.99. The van der Waals surface area contributed by atoms with Crippen LogP contribution in [0.5, 0.6) is 0 Å². The van der Waals surface area contributed by atoms with E-state index in [1.54, 1.807) is 7.11 Å². The maximum Gasteiger partial charge on any atom is 0.265 e. The second-order valence-electron chi connectivity index (χ2n) is 5.82. The zero-order chi connectivity index (χ0) is 16.2. The Kier molecular flexibility index (Phi) is 5.06. The molecular weight excluding hydrogens is 316 g/mol. The molecule has 9 heteroatoms. The van der Waals surface area contributed by atoms with E-state index in [0.29, 0.717) is 18.5 Å². The molecule has 0 aliphatic carbocycles. The zero-order valence-corrected chi connectivity index (χ0v) is 14.5. The Balaban J connectivity index is 1.56. The van der Waals surface area contributed by atoms with Gasteiger partial charge in [0.1, 0.15) is 5.82 Å². The molecule has 0 bridgehead atoms. The molecule has 2 aromatic rings. The number of hydrogen-bond acceptors (Lipinski definition) is 9. The van der Waals surface area contributed by atoms with E-state index in [0.717, 1.165) is 49.2 Å². The average Bonchev–Trinajstić information content (AvgIpc) is 3.22. The summed E-state index contributed by atoms with van der Waals surface area (Å²) in [6.07, 6.45) is 2.74. The van der Waals surface area contributed by atoms with Gasteiger partial charge in [-0.25, -0.2) is 4.98 Å². The number of nitrogens with zero attached hydrogens (tertiary/aromatic N) is 6. The van der Waals surface area contributed by atoms with Crippen LogP contribution in [0.25, 0.3) is 0 Å². The monoisotopic (exact) mass is 338 g/mol. The fourth-order valence-corrected chi connectivity index (χ4v) is 3.32. The van der Waals surface area contributed by atoms with Crippen LogP contribution in [0.1, 0.15) is 30.5 Å². The van der Waals surface area contributed by atoms with Gasteiger partial charge in [-0.15, -0.1) is 0 Å². The lowest BCUT2D eigenvalue weighted by molar-refractivity contribution is 0.201. The Hall–Kier alpha value is -1.74. The van der Waals surface area contributed by atoms with Crippen LogP contribution in [-0.4, -0.2) is 60.4 Å². The lowest BCUT2D eigenvalue weighted by atomic mass is 9.97. The van der Waals surface area contributed by atoms with Gasteiger partial charge in [-0.2, -0.15) is 9.36 Å². The minimum absolute atomic E-state index is 0.327. The molecule has 23 heavy (non-hydrogen) atoms. The van der Waals surface area contributed by atoms with E-state index in [-0.39, 0.29) is 0 Å². The fourth-order valence-electron chi connectivity index (χ4n) is 2.56. The van der Waals surface area contributed by atoms with Crippen molar-refractivity contribution in [3.05, 3.63) is 11.7 Å². The van der Waals surface area contributed by atoms with E-state index < -0.39 is 0 Å². The van der Waals surface area contributed by atoms with Crippen molar-refractivity contribution in [2.75, 3.05) is 50.7 Å². The number of aromatic nitrogens is 4. The number of rotatable bonds is 6. The summed E-state index contributed by atoms with van der Waals surface area (Å²) in [5.74, 6) is 2.57. The number of piperidine rings is 1. The van der Waals surface area contributed by atoms with Crippen molar-refractivity contribution < 1.29 is 9.26 Å². The van der Waals surface area contributed by atoms with Crippen LogP contribution < -0.4 is 9.80 Å². The summed E-state index contributed by atoms with van der Waals surface area (Å²) >= 11 is 1.46. The van der Waals surface area contributed by atoms with Crippen molar-refractivity contribution in [3.63, 3.8) is 0 Å². The summed E-state index contributed by atoms with van der Waals surface area (Å²) in [6, 6.07) is 0. The van der Waals surface area contributed by atoms with Gasteiger partial charge in [0.2, 0.25) is 11.0 Å². The molecule has 126 valence electrons. The molecule has 1 aliphatic rings. The first-order valence-corrected chi connectivity index (χ1v) is 8.52. The van der Waals surface area contributed by atoms with Gasteiger partial charge in [0.25, 0.3) is 5.95 Å². The van der Waals surface area contributed by atoms with Crippen molar-refractivity contribution in [1.29, 1.82) is 0 Å².